The topological polar surface area (TPSA) is 41.1 Å². The van der Waals surface area contributed by atoms with Gasteiger partial charge in [0.15, 0.2) is 0 Å². The monoisotopic (exact) mass is 260 g/mol. The smallest absolute Gasteiger partial charge is 0.244 e. The summed E-state index contributed by atoms with van der Waals surface area (Å²) in [6, 6.07) is 8.13. The fraction of sp³-hybridized carbons (Fsp3) is 0.562. The van der Waals surface area contributed by atoms with Gasteiger partial charge in [-0.15, -0.1) is 0 Å². The Balaban J connectivity index is 2.05. The molecule has 0 aromatic heterocycles. The number of carbonyl (C=O) groups is 1. The van der Waals surface area contributed by atoms with E-state index in [1.165, 1.54) is 5.56 Å². The van der Waals surface area contributed by atoms with E-state index in [0.717, 1.165) is 44.3 Å². The van der Waals surface area contributed by atoms with E-state index in [2.05, 4.69) is 36.6 Å². The zero-order valence-corrected chi connectivity index (χ0v) is 12.0. The molecule has 1 aromatic carbocycles. The highest BCUT2D eigenvalue weighted by Gasteiger charge is 2.39. The molecule has 1 unspecified atom stereocenters. The molecule has 1 aromatic rings. The van der Waals surface area contributed by atoms with Crippen molar-refractivity contribution in [1.29, 1.82) is 0 Å². The molecule has 3 nitrogen and oxygen atoms in total. The van der Waals surface area contributed by atoms with E-state index >= 15 is 0 Å². The lowest BCUT2D eigenvalue weighted by molar-refractivity contribution is -0.122. The van der Waals surface area contributed by atoms with Crippen molar-refractivity contribution in [1.82, 2.24) is 5.32 Å². The number of aryl methyl sites for hydroxylation is 1. The van der Waals surface area contributed by atoms with Crippen LogP contribution in [0.2, 0.25) is 0 Å². The van der Waals surface area contributed by atoms with Crippen molar-refractivity contribution in [3.63, 3.8) is 0 Å². The Morgan fingerprint density at radius 2 is 2.05 bits per heavy atom. The van der Waals surface area contributed by atoms with Gasteiger partial charge in [-0.05, 0) is 49.9 Å². The maximum absolute atomic E-state index is 12.5. The minimum atomic E-state index is -0.349. The van der Waals surface area contributed by atoms with Crippen LogP contribution in [-0.4, -0.2) is 18.0 Å². The Bertz CT molecular complexity index is 419. The second kappa shape index (κ2) is 6.20. The van der Waals surface area contributed by atoms with Gasteiger partial charge in [0.2, 0.25) is 5.91 Å². The fourth-order valence-corrected chi connectivity index (χ4v) is 2.83. The quantitative estimate of drug-likeness (QED) is 0.854. The summed E-state index contributed by atoms with van der Waals surface area (Å²) in [5.74, 6) is 0.121. The average molecular weight is 260 g/mol. The van der Waals surface area contributed by atoms with Crippen molar-refractivity contribution in [2.45, 2.75) is 51.5 Å². The molecule has 2 rings (SSSR count). The van der Waals surface area contributed by atoms with Gasteiger partial charge in [-0.1, -0.05) is 32.4 Å². The number of benzene rings is 1. The molecule has 0 aliphatic carbocycles. The number of amides is 1. The van der Waals surface area contributed by atoms with Gasteiger partial charge in [-0.2, -0.15) is 0 Å². The molecule has 1 aliphatic rings. The Kier molecular flexibility index (Phi) is 4.59. The molecule has 19 heavy (non-hydrogen) atoms. The summed E-state index contributed by atoms with van der Waals surface area (Å²) in [7, 11) is 0. The van der Waals surface area contributed by atoms with Crippen LogP contribution in [0.4, 0.5) is 5.69 Å². The van der Waals surface area contributed by atoms with Crippen LogP contribution in [0.5, 0.6) is 0 Å². The summed E-state index contributed by atoms with van der Waals surface area (Å²) >= 11 is 0. The predicted molar refractivity (Wildman–Crippen MR) is 79.3 cm³/mol. The highest BCUT2D eigenvalue weighted by molar-refractivity contribution is 5.98. The molecule has 1 heterocycles. The molecule has 0 radical (unpaired) electrons. The number of hydrogen-bond donors (Lipinski definition) is 2. The summed E-state index contributed by atoms with van der Waals surface area (Å²) < 4.78 is 0. The number of nitrogens with one attached hydrogen (secondary N) is 2. The van der Waals surface area contributed by atoms with Crippen molar-refractivity contribution in [3.05, 3.63) is 29.8 Å². The minimum Gasteiger partial charge on any atom is -0.324 e. The summed E-state index contributed by atoms with van der Waals surface area (Å²) in [5, 5.41) is 6.46. The van der Waals surface area contributed by atoms with Gasteiger partial charge in [-0.25, -0.2) is 0 Å². The molecule has 0 saturated carbocycles. The van der Waals surface area contributed by atoms with Gasteiger partial charge >= 0.3 is 0 Å². The molecular weight excluding hydrogens is 236 g/mol. The Morgan fingerprint density at radius 1 is 1.32 bits per heavy atom. The highest BCUT2D eigenvalue weighted by Crippen LogP contribution is 2.26. The Morgan fingerprint density at radius 3 is 2.58 bits per heavy atom. The standard InChI is InChI=1S/C16H24N2O/c1-3-10-16(11-5-12-17-16)15(19)18-14-8-6-13(4-2)7-9-14/h6-9,17H,3-5,10-12H2,1-2H3,(H,18,19). The van der Waals surface area contributed by atoms with Crippen molar-refractivity contribution in [2.75, 3.05) is 11.9 Å². The first-order chi connectivity index (χ1) is 9.20. The number of anilines is 1. The third-order valence-corrected chi connectivity index (χ3v) is 3.98. The van der Waals surface area contributed by atoms with E-state index in [9.17, 15) is 4.79 Å². The second-order valence-electron chi connectivity index (χ2n) is 5.37. The molecule has 1 atom stereocenters. The van der Waals surface area contributed by atoms with Gasteiger partial charge < -0.3 is 10.6 Å². The van der Waals surface area contributed by atoms with Crippen molar-refractivity contribution in [2.24, 2.45) is 0 Å². The van der Waals surface area contributed by atoms with Gasteiger partial charge in [0.25, 0.3) is 0 Å². The molecule has 1 saturated heterocycles. The molecule has 3 heteroatoms. The van der Waals surface area contributed by atoms with Gasteiger partial charge in [0.05, 0.1) is 5.54 Å². The fourth-order valence-electron chi connectivity index (χ4n) is 2.83. The molecule has 0 bridgehead atoms. The SMILES string of the molecule is CCCC1(C(=O)Nc2ccc(CC)cc2)CCCN1. The van der Waals surface area contributed by atoms with E-state index in [0.29, 0.717) is 0 Å². The number of rotatable bonds is 5. The summed E-state index contributed by atoms with van der Waals surface area (Å²) in [6.45, 7) is 5.21. The molecule has 0 spiro atoms. The molecule has 104 valence electrons. The lowest BCUT2D eigenvalue weighted by Crippen LogP contribution is -2.50. The van der Waals surface area contributed by atoms with Gasteiger partial charge in [0, 0.05) is 5.69 Å². The molecule has 1 fully saturated rings. The second-order valence-corrected chi connectivity index (χ2v) is 5.37. The normalized spacial score (nSPS) is 22.4. The largest absolute Gasteiger partial charge is 0.324 e. The zero-order chi connectivity index (χ0) is 13.7. The Hall–Kier alpha value is -1.35. The van der Waals surface area contributed by atoms with E-state index < -0.39 is 0 Å². The molecule has 1 aliphatic heterocycles. The van der Waals surface area contributed by atoms with Crippen LogP contribution in [0.15, 0.2) is 24.3 Å². The predicted octanol–water partition coefficient (Wildman–Crippen LogP) is 3.11. The van der Waals surface area contributed by atoms with E-state index in [4.69, 9.17) is 0 Å². The van der Waals surface area contributed by atoms with Crippen LogP contribution < -0.4 is 10.6 Å². The highest BCUT2D eigenvalue weighted by atomic mass is 16.2. The van der Waals surface area contributed by atoms with Crippen LogP contribution in [-0.2, 0) is 11.2 Å². The van der Waals surface area contributed by atoms with Crippen LogP contribution in [0.25, 0.3) is 0 Å². The van der Waals surface area contributed by atoms with Crippen LogP contribution in [0, 0.1) is 0 Å². The summed E-state index contributed by atoms with van der Waals surface area (Å²) in [4.78, 5) is 12.5. The maximum Gasteiger partial charge on any atom is 0.244 e. The minimum absolute atomic E-state index is 0.121. The first kappa shape index (κ1) is 14.1. The first-order valence-corrected chi connectivity index (χ1v) is 7.35. The van der Waals surface area contributed by atoms with E-state index in [1.54, 1.807) is 0 Å². The first-order valence-electron chi connectivity index (χ1n) is 7.35. The van der Waals surface area contributed by atoms with Crippen LogP contribution in [0.1, 0.15) is 45.1 Å². The zero-order valence-electron chi connectivity index (χ0n) is 12.0. The van der Waals surface area contributed by atoms with Gasteiger partial charge in [0.1, 0.15) is 0 Å². The van der Waals surface area contributed by atoms with E-state index in [-0.39, 0.29) is 11.4 Å². The number of hydrogen-bond acceptors (Lipinski definition) is 2. The lowest BCUT2D eigenvalue weighted by Gasteiger charge is -2.27. The van der Waals surface area contributed by atoms with Crippen molar-refractivity contribution >= 4 is 11.6 Å². The molecule has 2 N–H and O–H groups in total. The van der Waals surface area contributed by atoms with Crippen LogP contribution >= 0.6 is 0 Å². The van der Waals surface area contributed by atoms with Gasteiger partial charge in [-0.3, -0.25) is 4.79 Å². The lowest BCUT2D eigenvalue weighted by atomic mass is 9.90. The Labute approximate surface area is 115 Å². The van der Waals surface area contributed by atoms with Crippen molar-refractivity contribution in [3.8, 4) is 0 Å². The maximum atomic E-state index is 12.5. The average Bonchev–Trinajstić information content (AvgIpc) is 2.90. The summed E-state index contributed by atoms with van der Waals surface area (Å²) in [5.41, 5.74) is 1.84. The number of carbonyl (C=O) groups excluding carboxylic acids is 1. The molecular formula is C16H24N2O. The van der Waals surface area contributed by atoms with Crippen LogP contribution in [0.3, 0.4) is 0 Å². The third kappa shape index (κ3) is 3.16. The third-order valence-electron chi connectivity index (χ3n) is 3.98. The van der Waals surface area contributed by atoms with E-state index in [1.807, 2.05) is 12.1 Å². The van der Waals surface area contributed by atoms with Crippen molar-refractivity contribution < 1.29 is 4.79 Å². The summed E-state index contributed by atoms with van der Waals surface area (Å²) in [6.07, 6.45) is 4.98. The molecule has 1 amide bonds.